The van der Waals surface area contributed by atoms with Gasteiger partial charge >= 0.3 is 12.0 Å². The van der Waals surface area contributed by atoms with E-state index in [1.165, 1.54) is 13.2 Å². The lowest BCUT2D eigenvalue weighted by molar-refractivity contribution is -0.143. The molecule has 1 aliphatic rings. The smallest absolute Gasteiger partial charge is 0.329 e. The van der Waals surface area contributed by atoms with Crippen LogP contribution in [0.5, 0.6) is 5.75 Å². The SMILES string of the molecule is COC(=O)CN1C(=O)N/C(=C/c2ccccc2OCC(=O)Nc2ccccc2)C1=O. The monoisotopic (exact) mass is 409 g/mol. The molecule has 0 spiro atoms. The van der Waals surface area contributed by atoms with Gasteiger partial charge in [0.1, 0.15) is 18.0 Å². The highest BCUT2D eigenvalue weighted by atomic mass is 16.5. The van der Waals surface area contributed by atoms with Gasteiger partial charge in [-0.2, -0.15) is 0 Å². The fourth-order valence-corrected chi connectivity index (χ4v) is 2.66. The Balaban J connectivity index is 1.69. The van der Waals surface area contributed by atoms with E-state index in [4.69, 9.17) is 4.74 Å². The minimum Gasteiger partial charge on any atom is -0.483 e. The fraction of sp³-hybridized carbons (Fsp3) is 0.143. The van der Waals surface area contributed by atoms with Crippen molar-refractivity contribution in [2.24, 2.45) is 0 Å². The summed E-state index contributed by atoms with van der Waals surface area (Å²) in [5, 5.41) is 5.12. The zero-order valence-corrected chi connectivity index (χ0v) is 16.1. The number of urea groups is 1. The molecule has 0 saturated carbocycles. The predicted molar refractivity (Wildman–Crippen MR) is 107 cm³/mol. The Morgan fingerprint density at radius 3 is 2.50 bits per heavy atom. The number of carbonyl (C=O) groups excluding carboxylic acids is 4. The molecule has 154 valence electrons. The minimum absolute atomic E-state index is 0.0197. The Morgan fingerprint density at radius 2 is 1.77 bits per heavy atom. The molecule has 4 amide bonds. The fourth-order valence-electron chi connectivity index (χ4n) is 2.66. The van der Waals surface area contributed by atoms with E-state index >= 15 is 0 Å². The number of amides is 4. The molecule has 0 aromatic heterocycles. The number of esters is 1. The van der Waals surface area contributed by atoms with Crippen LogP contribution in [0, 0.1) is 0 Å². The molecule has 2 aromatic rings. The van der Waals surface area contributed by atoms with E-state index in [1.54, 1.807) is 48.5 Å². The number of ether oxygens (including phenoxy) is 2. The zero-order valence-electron chi connectivity index (χ0n) is 16.1. The Hall–Kier alpha value is -4.14. The molecule has 0 radical (unpaired) electrons. The van der Waals surface area contributed by atoms with Gasteiger partial charge in [0.2, 0.25) is 0 Å². The molecule has 1 heterocycles. The topological polar surface area (TPSA) is 114 Å². The van der Waals surface area contributed by atoms with Gasteiger partial charge in [-0.25, -0.2) is 9.69 Å². The van der Waals surface area contributed by atoms with Crippen LogP contribution in [-0.2, 0) is 19.1 Å². The Labute approximate surface area is 172 Å². The van der Waals surface area contributed by atoms with E-state index in [0.29, 0.717) is 17.0 Å². The normalized spacial score (nSPS) is 14.4. The minimum atomic E-state index is -0.725. The molecule has 3 rings (SSSR count). The second-order valence-corrected chi connectivity index (χ2v) is 6.20. The van der Waals surface area contributed by atoms with Crippen LogP contribution >= 0.6 is 0 Å². The molecule has 2 aromatic carbocycles. The molecular weight excluding hydrogens is 390 g/mol. The van der Waals surface area contributed by atoms with E-state index in [0.717, 1.165) is 4.90 Å². The number of para-hydroxylation sites is 2. The maximum Gasteiger partial charge on any atom is 0.329 e. The third-order valence-corrected chi connectivity index (χ3v) is 4.11. The number of anilines is 1. The van der Waals surface area contributed by atoms with Crippen LogP contribution in [0.2, 0.25) is 0 Å². The molecule has 0 atom stereocenters. The van der Waals surface area contributed by atoms with Crippen LogP contribution in [0.25, 0.3) is 6.08 Å². The van der Waals surface area contributed by atoms with Gasteiger partial charge in [-0.15, -0.1) is 0 Å². The van der Waals surface area contributed by atoms with Crippen LogP contribution < -0.4 is 15.4 Å². The number of rotatable bonds is 7. The van der Waals surface area contributed by atoms with Crippen LogP contribution in [0.1, 0.15) is 5.56 Å². The summed E-state index contributed by atoms with van der Waals surface area (Å²) in [5.41, 5.74) is 1.11. The second kappa shape index (κ2) is 9.37. The van der Waals surface area contributed by atoms with Crippen LogP contribution in [0.4, 0.5) is 10.5 Å². The second-order valence-electron chi connectivity index (χ2n) is 6.20. The van der Waals surface area contributed by atoms with Crippen molar-refractivity contribution in [3.8, 4) is 5.75 Å². The van der Waals surface area contributed by atoms with Gasteiger partial charge in [0.15, 0.2) is 6.61 Å². The molecule has 30 heavy (non-hydrogen) atoms. The average molecular weight is 409 g/mol. The molecule has 0 bridgehead atoms. The summed E-state index contributed by atoms with van der Waals surface area (Å²) in [6, 6.07) is 15.0. The quantitative estimate of drug-likeness (QED) is 0.409. The maximum atomic E-state index is 12.4. The summed E-state index contributed by atoms with van der Waals surface area (Å²) in [5.74, 6) is -1.38. The molecule has 9 nitrogen and oxygen atoms in total. The van der Waals surface area contributed by atoms with Crippen LogP contribution in [0.15, 0.2) is 60.3 Å². The standard InChI is InChI=1S/C21H19N3O6/c1-29-19(26)12-24-20(27)16(23-21(24)28)11-14-7-5-6-10-17(14)30-13-18(25)22-15-8-3-2-4-9-15/h2-11H,12-13H2,1H3,(H,22,25)(H,23,28)/b16-11+. The molecule has 9 heteroatoms. The Kier molecular flexibility index (Phi) is 6.43. The Morgan fingerprint density at radius 1 is 1.07 bits per heavy atom. The number of carbonyl (C=O) groups is 4. The summed E-state index contributed by atoms with van der Waals surface area (Å²) in [6.07, 6.45) is 1.42. The largest absolute Gasteiger partial charge is 0.483 e. The van der Waals surface area contributed by atoms with Crippen LogP contribution in [-0.4, -0.2) is 49.0 Å². The highest BCUT2D eigenvalue weighted by Crippen LogP contribution is 2.23. The van der Waals surface area contributed by atoms with E-state index in [-0.39, 0.29) is 18.2 Å². The first-order chi connectivity index (χ1) is 14.5. The lowest BCUT2D eigenvalue weighted by Crippen LogP contribution is -2.36. The van der Waals surface area contributed by atoms with Crippen molar-refractivity contribution in [3.63, 3.8) is 0 Å². The van der Waals surface area contributed by atoms with Gasteiger partial charge in [0.25, 0.3) is 11.8 Å². The van der Waals surface area contributed by atoms with Crippen molar-refractivity contribution >= 4 is 35.6 Å². The van der Waals surface area contributed by atoms with E-state index in [2.05, 4.69) is 15.4 Å². The highest BCUT2D eigenvalue weighted by Gasteiger charge is 2.35. The van der Waals surface area contributed by atoms with Gasteiger partial charge in [-0.1, -0.05) is 36.4 Å². The van der Waals surface area contributed by atoms with Crippen molar-refractivity contribution in [2.75, 3.05) is 25.6 Å². The van der Waals surface area contributed by atoms with Crippen molar-refractivity contribution in [2.45, 2.75) is 0 Å². The van der Waals surface area contributed by atoms with Gasteiger partial charge < -0.3 is 20.1 Å². The first kappa shape index (κ1) is 20.6. The number of nitrogens with zero attached hydrogens (tertiary/aromatic N) is 1. The number of nitrogens with one attached hydrogen (secondary N) is 2. The first-order valence-electron chi connectivity index (χ1n) is 8.96. The summed E-state index contributed by atoms with van der Waals surface area (Å²) < 4.78 is 10.1. The molecule has 1 fully saturated rings. The molecule has 0 aliphatic carbocycles. The van der Waals surface area contributed by atoms with Crippen molar-refractivity contribution < 1.29 is 28.7 Å². The third kappa shape index (κ3) is 5.02. The molecule has 0 unspecified atom stereocenters. The Bertz CT molecular complexity index is 1000. The average Bonchev–Trinajstić information content (AvgIpc) is 3.01. The van der Waals surface area contributed by atoms with Crippen LogP contribution in [0.3, 0.4) is 0 Å². The summed E-state index contributed by atoms with van der Waals surface area (Å²) in [7, 11) is 1.17. The summed E-state index contributed by atoms with van der Waals surface area (Å²) in [6.45, 7) is -0.736. The van der Waals surface area contributed by atoms with Crippen molar-refractivity contribution in [1.29, 1.82) is 0 Å². The number of hydrogen-bond donors (Lipinski definition) is 2. The lowest BCUT2D eigenvalue weighted by atomic mass is 10.1. The van der Waals surface area contributed by atoms with Gasteiger partial charge in [-0.3, -0.25) is 14.4 Å². The molecule has 1 aliphatic heterocycles. The number of imide groups is 1. The van der Waals surface area contributed by atoms with Crippen molar-refractivity contribution in [3.05, 3.63) is 65.9 Å². The number of benzene rings is 2. The third-order valence-electron chi connectivity index (χ3n) is 4.11. The zero-order chi connectivity index (χ0) is 21.5. The summed E-state index contributed by atoms with van der Waals surface area (Å²) in [4.78, 5) is 48.6. The van der Waals surface area contributed by atoms with E-state index in [1.807, 2.05) is 6.07 Å². The summed E-state index contributed by atoms with van der Waals surface area (Å²) >= 11 is 0. The van der Waals surface area contributed by atoms with Gasteiger partial charge in [0.05, 0.1) is 7.11 Å². The molecular formula is C21H19N3O6. The number of hydrogen-bond acceptors (Lipinski definition) is 6. The van der Waals surface area contributed by atoms with Gasteiger partial charge in [-0.05, 0) is 24.3 Å². The molecule has 1 saturated heterocycles. The number of methoxy groups -OCH3 is 1. The highest BCUT2D eigenvalue weighted by molar-refractivity contribution is 6.15. The maximum absolute atomic E-state index is 12.4. The molecule has 2 N–H and O–H groups in total. The predicted octanol–water partition coefficient (Wildman–Crippen LogP) is 1.77. The van der Waals surface area contributed by atoms with E-state index in [9.17, 15) is 19.2 Å². The van der Waals surface area contributed by atoms with E-state index < -0.39 is 24.5 Å². The van der Waals surface area contributed by atoms with Gasteiger partial charge in [0, 0.05) is 11.3 Å². The first-order valence-corrected chi connectivity index (χ1v) is 8.96. The van der Waals surface area contributed by atoms with Crippen molar-refractivity contribution in [1.82, 2.24) is 10.2 Å². The lowest BCUT2D eigenvalue weighted by Gasteiger charge is -2.10.